The quantitative estimate of drug-likeness (QED) is 0.515. The zero-order valence-electron chi connectivity index (χ0n) is 19.3. The lowest BCUT2D eigenvalue weighted by molar-refractivity contribution is 0.175. The number of methoxy groups -OCH3 is 1. The standard InChI is InChI=1S/C27H30N4O2/c1-18-11-12-22-23(30(18)27(32)33-2)13-14-24-26(22)29-25(16-19-7-4-3-5-8-19)31(24)21-10-6-9-20(15-21)17-28/h3-5,7-8,13-14,18,20-21H,6,9-12,15-16H2,1-2H3/t18-,20-,21-/m0/s1. The number of imidazole rings is 1. The minimum atomic E-state index is -0.323. The summed E-state index contributed by atoms with van der Waals surface area (Å²) in [5, 5.41) is 9.59. The van der Waals surface area contributed by atoms with Gasteiger partial charge in [-0.05, 0) is 56.7 Å². The number of anilines is 1. The molecule has 0 spiro atoms. The van der Waals surface area contributed by atoms with Crippen molar-refractivity contribution >= 4 is 22.8 Å². The van der Waals surface area contributed by atoms with Crippen molar-refractivity contribution in [2.75, 3.05) is 12.0 Å². The Balaban J connectivity index is 1.66. The van der Waals surface area contributed by atoms with Crippen LogP contribution >= 0.6 is 0 Å². The van der Waals surface area contributed by atoms with Crippen LogP contribution in [0, 0.1) is 17.2 Å². The summed E-state index contributed by atoms with van der Waals surface area (Å²) in [5.74, 6) is 1.13. The predicted octanol–water partition coefficient (Wildman–Crippen LogP) is 5.79. The first kappa shape index (κ1) is 21.5. The van der Waals surface area contributed by atoms with Crippen molar-refractivity contribution in [1.29, 1.82) is 5.26 Å². The topological polar surface area (TPSA) is 71.2 Å². The van der Waals surface area contributed by atoms with Gasteiger partial charge in [-0.1, -0.05) is 36.8 Å². The van der Waals surface area contributed by atoms with E-state index in [-0.39, 0.29) is 24.1 Å². The molecule has 0 N–H and O–H groups in total. The van der Waals surface area contributed by atoms with Gasteiger partial charge in [0.25, 0.3) is 0 Å². The van der Waals surface area contributed by atoms with E-state index in [1.807, 2.05) is 6.07 Å². The second kappa shape index (κ2) is 8.90. The van der Waals surface area contributed by atoms with E-state index in [2.05, 4.69) is 54.0 Å². The third-order valence-electron chi connectivity index (χ3n) is 7.30. The Morgan fingerprint density at radius 1 is 1.18 bits per heavy atom. The first-order valence-electron chi connectivity index (χ1n) is 11.9. The Bertz CT molecular complexity index is 1210. The van der Waals surface area contributed by atoms with Crippen molar-refractivity contribution in [2.24, 2.45) is 5.92 Å². The Morgan fingerprint density at radius 2 is 2.00 bits per heavy atom. The molecule has 6 heteroatoms. The average molecular weight is 443 g/mol. The lowest BCUT2D eigenvalue weighted by Crippen LogP contribution is -2.42. The van der Waals surface area contributed by atoms with E-state index in [0.29, 0.717) is 0 Å². The third kappa shape index (κ3) is 3.86. The molecule has 0 unspecified atom stereocenters. The van der Waals surface area contributed by atoms with Crippen molar-refractivity contribution in [1.82, 2.24) is 9.55 Å². The van der Waals surface area contributed by atoms with Crippen LogP contribution in [-0.2, 0) is 17.6 Å². The minimum Gasteiger partial charge on any atom is -0.452 e. The van der Waals surface area contributed by atoms with Crippen LogP contribution in [0.15, 0.2) is 42.5 Å². The summed E-state index contributed by atoms with van der Waals surface area (Å²) >= 11 is 0. The van der Waals surface area contributed by atoms with Crippen molar-refractivity contribution in [3.8, 4) is 6.07 Å². The molecule has 2 aromatic carbocycles. The highest BCUT2D eigenvalue weighted by Crippen LogP contribution is 2.40. The van der Waals surface area contributed by atoms with Crippen molar-refractivity contribution < 1.29 is 9.53 Å². The molecule has 3 atom stereocenters. The maximum Gasteiger partial charge on any atom is 0.414 e. The summed E-state index contributed by atoms with van der Waals surface area (Å²) in [5.41, 5.74) is 5.35. The van der Waals surface area contributed by atoms with Gasteiger partial charge in [-0.2, -0.15) is 5.26 Å². The molecular formula is C27H30N4O2. The number of rotatable bonds is 3. The number of hydrogen-bond donors (Lipinski definition) is 0. The second-order valence-corrected chi connectivity index (χ2v) is 9.37. The summed E-state index contributed by atoms with van der Waals surface area (Å²) in [6.45, 7) is 2.06. The van der Waals surface area contributed by atoms with E-state index >= 15 is 0 Å². The molecule has 5 rings (SSSR count). The molecule has 2 aliphatic rings. The summed E-state index contributed by atoms with van der Waals surface area (Å²) in [7, 11) is 1.43. The highest BCUT2D eigenvalue weighted by molar-refractivity contribution is 5.95. The summed E-state index contributed by atoms with van der Waals surface area (Å²) < 4.78 is 7.48. The third-order valence-corrected chi connectivity index (χ3v) is 7.30. The van der Waals surface area contributed by atoms with Crippen molar-refractivity contribution in [2.45, 2.75) is 64.0 Å². The van der Waals surface area contributed by atoms with E-state index in [1.54, 1.807) is 4.90 Å². The first-order chi connectivity index (χ1) is 16.1. The first-order valence-corrected chi connectivity index (χ1v) is 11.9. The fourth-order valence-corrected chi connectivity index (χ4v) is 5.65. The van der Waals surface area contributed by atoms with Gasteiger partial charge in [0.1, 0.15) is 5.82 Å². The zero-order chi connectivity index (χ0) is 22.9. The average Bonchev–Trinajstić information content (AvgIpc) is 3.22. The number of hydrogen-bond acceptors (Lipinski definition) is 4. The number of nitriles is 1. The fraction of sp³-hybridized carbons (Fsp3) is 0.444. The molecule has 0 saturated heterocycles. The number of ether oxygens (including phenoxy) is 1. The maximum atomic E-state index is 12.6. The van der Waals surface area contributed by atoms with Gasteiger partial charge in [0.15, 0.2) is 0 Å². The molecule has 1 aliphatic carbocycles. The molecule has 0 radical (unpaired) electrons. The predicted molar refractivity (Wildman–Crippen MR) is 128 cm³/mol. The summed E-state index contributed by atoms with van der Waals surface area (Å²) in [6.07, 6.45) is 6.16. The molecule has 3 aromatic rings. The molecule has 1 fully saturated rings. The van der Waals surface area contributed by atoms with E-state index in [1.165, 1.54) is 12.7 Å². The molecule has 1 amide bonds. The largest absolute Gasteiger partial charge is 0.452 e. The number of amides is 1. The van der Waals surface area contributed by atoms with E-state index < -0.39 is 0 Å². The summed E-state index contributed by atoms with van der Waals surface area (Å²) in [6, 6.07) is 17.5. The number of aromatic nitrogens is 2. The Morgan fingerprint density at radius 3 is 2.76 bits per heavy atom. The Labute approximate surface area is 194 Å². The number of aryl methyl sites for hydroxylation is 1. The molecule has 170 valence electrons. The molecule has 33 heavy (non-hydrogen) atoms. The van der Waals surface area contributed by atoms with Gasteiger partial charge in [-0.15, -0.1) is 0 Å². The van der Waals surface area contributed by atoms with Crippen LogP contribution in [0.5, 0.6) is 0 Å². The van der Waals surface area contributed by atoms with E-state index in [4.69, 9.17) is 9.72 Å². The Kier molecular flexibility index (Phi) is 5.80. The second-order valence-electron chi connectivity index (χ2n) is 9.37. The van der Waals surface area contributed by atoms with Crippen LogP contribution in [0.25, 0.3) is 11.0 Å². The monoisotopic (exact) mass is 442 g/mol. The molecule has 1 aliphatic heterocycles. The molecule has 6 nitrogen and oxygen atoms in total. The maximum absolute atomic E-state index is 12.6. The van der Waals surface area contributed by atoms with Crippen LogP contribution in [0.1, 0.15) is 62.0 Å². The van der Waals surface area contributed by atoms with Gasteiger partial charge in [-0.3, -0.25) is 4.90 Å². The molecular weight excluding hydrogens is 412 g/mol. The molecule has 0 bridgehead atoms. The smallest absolute Gasteiger partial charge is 0.414 e. The van der Waals surface area contributed by atoms with Gasteiger partial charge < -0.3 is 9.30 Å². The van der Waals surface area contributed by atoms with E-state index in [0.717, 1.165) is 73.1 Å². The van der Waals surface area contributed by atoms with Crippen molar-refractivity contribution in [3.63, 3.8) is 0 Å². The van der Waals surface area contributed by atoms with Crippen LogP contribution < -0.4 is 4.90 Å². The fourth-order valence-electron chi connectivity index (χ4n) is 5.65. The SMILES string of the molecule is COC(=O)N1c2ccc3c(nc(Cc4ccccc4)n3[C@H]3CCC[C@H](C#N)C3)c2CC[C@@H]1C. The van der Waals surface area contributed by atoms with Gasteiger partial charge in [0.2, 0.25) is 0 Å². The van der Waals surface area contributed by atoms with Gasteiger partial charge >= 0.3 is 6.09 Å². The molecule has 2 heterocycles. The highest BCUT2D eigenvalue weighted by atomic mass is 16.5. The molecule has 1 saturated carbocycles. The Hall–Kier alpha value is -3.33. The normalized spacial score (nSPS) is 22.6. The van der Waals surface area contributed by atoms with Crippen LogP contribution in [0.4, 0.5) is 10.5 Å². The lowest BCUT2D eigenvalue weighted by atomic mass is 9.86. The van der Waals surface area contributed by atoms with Crippen LogP contribution in [0.3, 0.4) is 0 Å². The van der Waals surface area contributed by atoms with Crippen LogP contribution in [-0.4, -0.2) is 28.8 Å². The minimum absolute atomic E-state index is 0.0861. The van der Waals surface area contributed by atoms with Crippen LogP contribution in [0.2, 0.25) is 0 Å². The number of carbonyl (C=O) groups is 1. The number of carbonyl (C=O) groups excluding carboxylic acids is 1. The highest BCUT2D eigenvalue weighted by Gasteiger charge is 2.33. The number of nitrogens with zero attached hydrogens (tertiary/aromatic N) is 4. The van der Waals surface area contributed by atoms with Gasteiger partial charge in [0, 0.05) is 30.0 Å². The van der Waals surface area contributed by atoms with E-state index in [9.17, 15) is 10.1 Å². The van der Waals surface area contributed by atoms with Gasteiger partial charge in [0.05, 0.1) is 29.9 Å². The van der Waals surface area contributed by atoms with Gasteiger partial charge in [-0.25, -0.2) is 9.78 Å². The lowest BCUT2D eigenvalue weighted by Gasteiger charge is -2.34. The summed E-state index contributed by atoms with van der Waals surface area (Å²) in [4.78, 5) is 19.5. The zero-order valence-corrected chi connectivity index (χ0v) is 19.3. The number of fused-ring (bicyclic) bond motifs is 3. The molecule has 1 aromatic heterocycles. The number of benzene rings is 2. The van der Waals surface area contributed by atoms with Crippen molar-refractivity contribution in [3.05, 3.63) is 59.4 Å².